The molecule has 0 atom stereocenters. The van der Waals surface area contributed by atoms with Crippen LogP contribution in [0.3, 0.4) is 0 Å². The van der Waals surface area contributed by atoms with E-state index >= 15 is 0 Å². The van der Waals surface area contributed by atoms with Gasteiger partial charge in [0, 0.05) is 29.5 Å². The topological polar surface area (TPSA) is 45.6 Å². The van der Waals surface area contributed by atoms with Crippen LogP contribution < -0.4 is 9.64 Å². The molecule has 40 heavy (non-hydrogen) atoms. The van der Waals surface area contributed by atoms with Gasteiger partial charge in [0.25, 0.3) is 0 Å². The maximum atomic E-state index is 11.6. The second-order valence-electron chi connectivity index (χ2n) is 10.3. The molecule has 0 saturated carbocycles. The largest absolute Gasteiger partial charge is 0.507 e. The zero-order valence-electron chi connectivity index (χ0n) is 22.9. The Bertz CT molecular complexity index is 1860. The van der Waals surface area contributed by atoms with Crippen LogP contribution in [0.25, 0.3) is 54.8 Å². The number of halogens is 1. The molecule has 0 aliphatic rings. The van der Waals surface area contributed by atoms with E-state index in [4.69, 9.17) is 9.72 Å². The van der Waals surface area contributed by atoms with Crippen molar-refractivity contribution in [1.29, 1.82) is 0 Å². The van der Waals surface area contributed by atoms with Crippen molar-refractivity contribution < 1.29 is 9.84 Å². The Kier molecular flexibility index (Phi) is 7.07. The fourth-order valence-corrected chi connectivity index (χ4v) is 6.09. The predicted molar refractivity (Wildman–Crippen MR) is 172 cm³/mol. The molecule has 0 aliphatic carbocycles. The maximum Gasteiger partial charge on any atom is 0.126 e. The third kappa shape index (κ3) is 4.75. The highest BCUT2D eigenvalue weighted by atomic mass is 79.9. The molecule has 1 heterocycles. The smallest absolute Gasteiger partial charge is 0.126 e. The highest BCUT2D eigenvalue weighted by molar-refractivity contribution is 9.10. The predicted octanol–water partition coefficient (Wildman–Crippen LogP) is 9.59. The van der Waals surface area contributed by atoms with Crippen molar-refractivity contribution in [3.8, 4) is 33.9 Å². The molecule has 4 nitrogen and oxygen atoms in total. The fourth-order valence-electron chi connectivity index (χ4n) is 5.36. The zero-order valence-corrected chi connectivity index (χ0v) is 24.5. The van der Waals surface area contributed by atoms with E-state index < -0.39 is 0 Å². The first kappa shape index (κ1) is 26.1. The molecule has 0 fully saturated rings. The second-order valence-corrected chi connectivity index (χ2v) is 11.2. The van der Waals surface area contributed by atoms with Gasteiger partial charge in [0.1, 0.15) is 11.5 Å². The molecule has 1 N–H and O–H groups in total. The van der Waals surface area contributed by atoms with Gasteiger partial charge >= 0.3 is 0 Å². The van der Waals surface area contributed by atoms with Crippen LogP contribution in [0.4, 0.5) is 5.69 Å². The number of phenols is 1. The van der Waals surface area contributed by atoms with Gasteiger partial charge in [0.15, 0.2) is 0 Å². The van der Waals surface area contributed by atoms with E-state index in [0.29, 0.717) is 6.61 Å². The highest BCUT2D eigenvalue weighted by Gasteiger charge is 2.18. The van der Waals surface area contributed by atoms with Crippen LogP contribution in [0.5, 0.6) is 11.5 Å². The third-order valence-corrected chi connectivity index (χ3v) is 8.06. The standard InChI is InChI=1S/C35H31BrN2O2/c1-4-5-18-40-26-14-10-22(11-15-26)25-19-28-33-27-9-7-6-8-23(27)12-16-30(33)37-35(34(28)32(39)21-25)24-13-17-31(38(2)3)29(36)20-24/h6-17,19-21,39H,4-5,18H2,1-3H3. The number of aromatic hydroxyl groups is 1. The van der Waals surface area contributed by atoms with Crippen LogP contribution in [-0.2, 0) is 0 Å². The Labute approximate surface area is 243 Å². The van der Waals surface area contributed by atoms with Crippen molar-refractivity contribution in [3.05, 3.63) is 95.5 Å². The number of benzene rings is 5. The first-order chi connectivity index (χ1) is 19.4. The van der Waals surface area contributed by atoms with Gasteiger partial charge in [0.05, 0.1) is 28.9 Å². The minimum absolute atomic E-state index is 0.209. The molecule has 6 aromatic rings. The molecule has 0 saturated heterocycles. The van der Waals surface area contributed by atoms with Crippen molar-refractivity contribution in [2.45, 2.75) is 19.8 Å². The number of aromatic nitrogens is 1. The summed E-state index contributed by atoms with van der Waals surface area (Å²) in [5.74, 6) is 1.07. The lowest BCUT2D eigenvalue weighted by Gasteiger charge is -2.18. The van der Waals surface area contributed by atoms with E-state index in [0.717, 1.165) is 83.6 Å². The number of phenolic OH excluding ortho intramolecular Hbond substituents is 1. The molecule has 5 heteroatoms. The second kappa shape index (κ2) is 10.8. The van der Waals surface area contributed by atoms with Crippen molar-refractivity contribution in [3.63, 3.8) is 0 Å². The molecule has 1 aromatic heterocycles. The average molecular weight is 592 g/mol. The Morgan fingerprint density at radius 3 is 2.33 bits per heavy atom. The molecular formula is C35H31BrN2O2. The summed E-state index contributed by atoms with van der Waals surface area (Å²) in [5, 5.41) is 16.6. The SMILES string of the molecule is CCCCOc1ccc(-c2cc(O)c3c(-c4ccc(N(C)C)c(Br)c4)nc4ccc5ccccc5c4c3c2)cc1. The molecule has 5 aromatic carbocycles. The fraction of sp³-hybridized carbons (Fsp3) is 0.171. The molecule has 0 aliphatic heterocycles. The van der Waals surface area contributed by atoms with E-state index in [1.54, 1.807) is 0 Å². The summed E-state index contributed by atoms with van der Waals surface area (Å²) >= 11 is 3.74. The average Bonchev–Trinajstić information content (AvgIpc) is 2.96. The van der Waals surface area contributed by atoms with E-state index in [1.165, 1.54) is 0 Å². The van der Waals surface area contributed by atoms with Crippen LogP contribution in [-0.4, -0.2) is 30.8 Å². The van der Waals surface area contributed by atoms with Gasteiger partial charge < -0.3 is 14.7 Å². The highest BCUT2D eigenvalue weighted by Crippen LogP contribution is 2.43. The first-order valence-corrected chi connectivity index (χ1v) is 14.4. The van der Waals surface area contributed by atoms with Crippen molar-refractivity contribution in [2.75, 3.05) is 25.6 Å². The summed E-state index contributed by atoms with van der Waals surface area (Å²) in [6, 6.07) is 30.9. The van der Waals surface area contributed by atoms with Crippen LogP contribution in [0.2, 0.25) is 0 Å². The summed E-state index contributed by atoms with van der Waals surface area (Å²) in [6.45, 7) is 2.87. The summed E-state index contributed by atoms with van der Waals surface area (Å²) in [5.41, 5.74) is 5.63. The first-order valence-electron chi connectivity index (χ1n) is 13.6. The number of hydrogen-bond donors (Lipinski definition) is 1. The number of nitrogens with zero attached hydrogens (tertiary/aromatic N) is 2. The van der Waals surface area contributed by atoms with Crippen molar-refractivity contribution >= 4 is 54.1 Å². The number of pyridine rings is 1. The van der Waals surface area contributed by atoms with Crippen molar-refractivity contribution in [1.82, 2.24) is 4.98 Å². The molecular weight excluding hydrogens is 560 g/mol. The number of rotatable bonds is 7. The Morgan fingerprint density at radius 2 is 1.57 bits per heavy atom. The quantitative estimate of drug-likeness (QED) is 0.148. The Morgan fingerprint density at radius 1 is 0.800 bits per heavy atom. The minimum atomic E-state index is 0.209. The van der Waals surface area contributed by atoms with Crippen LogP contribution in [0, 0.1) is 0 Å². The zero-order chi connectivity index (χ0) is 27.8. The molecule has 0 amide bonds. The molecule has 0 unspecified atom stereocenters. The van der Waals surface area contributed by atoms with E-state index in [1.807, 2.05) is 32.3 Å². The lowest BCUT2D eigenvalue weighted by molar-refractivity contribution is 0.309. The number of hydrogen-bond acceptors (Lipinski definition) is 4. The molecule has 200 valence electrons. The summed E-state index contributed by atoms with van der Waals surface area (Å²) in [4.78, 5) is 7.20. The van der Waals surface area contributed by atoms with Gasteiger partial charge in [0.2, 0.25) is 0 Å². The van der Waals surface area contributed by atoms with Gasteiger partial charge in [-0.05, 0) is 92.1 Å². The van der Waals surface area contributed by atoms with Crippen molar-refractivity contribution in [2.24, 2.45) is 0 Å². The van der Waals surface area contributed by atoms with Gasteiger partial charge in [-0.15, -0.1) is 0 Å². The molecule has 0 spiro atoms. The minimum Gasteiger partial charge on any atom is -0.507 e. The van der Waals surface area contributed by atoms with E-state index in [9.17, 15) is 5.11 Å². The summed E-state index contributed by atoms with van der Waals surface area (Å²) < 4.78 is 6.84. The van der Waals surface area contributed by atoms with Gasteiger partial charge in [-0.25, -0.2) is 4.98 Å². The van der Waals surface area contributed by atoms with Gasteiger partial charge in [-0.2, -0.15) is 0 Å². The van der Waals surface area contributed by atoms with Gasteiger partial charge in [-0.1, -0.05) is 61.9 Å². The third-order valence-electron chi connectivity index (χ3n) is 7.42. The van der Waals surface area contributed by atoms with Crippen LogP contribution in [0.15, 0.2) is 95.5 Å². The van der Waals surface area contributed by atoms with E-state index in [-0.39, 0.29) is 5.75 Å². The molecule has 0 radical (unpaired) electrons. The molecule has 6 rings (SSSR count). The number of ether oxygens (including phenoxy) is 1. The number of unbranched alkanes of at least 4 members (excludes halogenated alkanes) is 1. The lowest BCUT2D eigenvalue weighted by Crippen LogP contribution is -2.09. The number of fused-ring (bicyclic) bond motifs is 5. The lowest BCUT2D eigenvalue weighted by atomic mass is 9.93. The van der Waals surface area contributed by atoms with Crippen LogP contribution in [0.1, 0.15) is 19.8 Å². The maximum absolute atomic E-state index is 11.6. The molecule has 0 bridgehead atoms. The van der Waals surface area contributed by atoms with Crippen LogP contribution >= 0.6 is 15.9 Å². The van der Waals surface area contributed by atoms with Gasteiger partial charge in [-0.3, -0.25) is 0 Å². The summed E-state index contributed by atoms with van der Waals surface area (Å²) in [6.07, 6.45) is 2.14. The Balaban J connectivity index is 1.60. The Hall–Kier alpha value is -4.09. The summed E-state index contributed by atoms with van der Waals surface area (Å²) in [7, 11) is 4.04. The normalized spacial score (nSPS) is 11.4. The van der Waals surface area contributed by atoms with E-state index in [2.05, 4.69) is 101 Å². The number of anilines is 1. The monoisotopic (exact) mass is 590 g/mol.